The van der Waals surface area contributed by atoms with E-state index in [0.717, 1.165) is 17.9 Å². The number of nitriles is 1. The Labute approximate surface area is 147 Å². The van der Waals surface area contributed by atoms with Crippen LogP contribution < -0.4 is 10.2 Å². The van der Waals surface area contributed by atoms with E-state index >= 15 is 0 Å². The van der Waals surface area contributed by atoms with Crippen LogP contribution in [0.15, 0.2) is 67.0 Å². The second-order valence-electron chi connectivity index (χ2n) is 5.69. The Hall–Kier alpha value is -3.39. The van der Waals surface area contributed by atoms with Gasteiger partial charge in [0.2, 0.25) is 0 Å². The second kappa shape index (κ2) is 7.93. The minimum Gasteiger partial charge on any atom is -0.365 e. The molecule has 0 atom stereocenters. The molecule has 0 radical (unpaired) electrons. The highest BCUT2D eigenvalue weighted by atomic mass is 15.2. The number of benzene rings is 1. The number of hydrogen-bond acceptors (Lipinski definition) is 5. The molecule has 0 aliphatic rings. The first-order valence-electron chi connectivity index (χ1n) is 8.06. The lowest BCUT2D eigenvalue weighted by atomic mass is 10.2. The Bertz CT molecular complexity index is 871. The van der Waals surface area contributed by atoms with Crippen molar-refractivity contribution in [2.24, 2.45) is 0 Å². The van der Waals surface area contributed by atoms with Gasteiger partial charge in [-0.1, -0.05) is 36.4 Å². The quantitative estimate of drug-likeness (QED) is 0.748. The van der Waals surface area contributed by atoms with Gasteiger partial charge in [-0.25, -0.2) is 9.97 Å². The van der Waals surface area contributed by atoms with Gasteiger partial charge in [0.15, 0.2) is 0 Å². The fourth-order valence-corrected chi connectivity index (χ4v) is 2.66. The van der Waals surface area contributed by atoms with E-state index in [-0.39, 0.29) is 0 Å². The van der Waals surface area contributed by atoms with Crippen LogP contribution in [-0.2, 0) is 13.1 Å². The van der Waals surface area contributed by atoms with Crippen LogP contribution in [0.4, 0.5) is 11.6 Å². The van der Waals surface area contributed by atoms with Gasteiger partial charge in [0.25, 0.3) is 0 Å². The highest BCUT2D eigenvalue weighted by Crippen LogP contribution is 2.20. The molecule has 0 amide bonds. The van der Waals surface area contributed by atoms with Crippen molar-refractivity contribution in [2.75, 3.05) is 17.3 Å². The minimum atomic E-state index is 0.533. The highest BCUT2D eigenvalue weighted by molar-refractivity contribution is 5.53. The van der Waals surface area contributed by atoms with E-state index in [1.165, 1.54) is 5.56 Å². The number of pyridine rings is 2. The van der Waals surface area contributed by atoms with E-state index in [4.69, 9.17) is 0 Å². The van der Waals surface area contributed by atoms with E-state index in [1.54, 1.807) is 24.5 Å². The van der Waals surface area contributed by atoms with E-state index in [1.807, 2.05) is 37.4 Å². The Morgan fingerprint density at radius 1 is 1.00 bits per heavy atom. The van der Waals surface area contributed by atoms with Crippen molar-refractivity contribution in [1.82, 2.24) is 9.97 Å². The van der Waals surface area contributed by atoms with Crippen molar-refractivity contribution in [1.29, 1.82) is 5.26 Å². The average Bonchev–Trinajstić information content (AvgIpc) is 2.67. The molecule has 25 heavy (non-hydrogen) atoms. The van der Waals surface area contributed by atoms with Crippen molar-refractivity contribution in [3.05, 3.63) is 83.7 Å². The standard InChI is InChI=1S/C20H19N5/c1-25(15-16-7-3-2-4-8-16)20-18(10-6-12-23-20)14-24-19-17(13-21)9-5-11-22-19/h2-12H,14-15H2,1H3,(H,22,24). The molecule has 0 spiro atoms. The number of aromatic nitrogens is 2. The predicted molar refractivity (Wildman–Crippen MR) is 99.1 cm³/mol. The molecule has 0 aliphatic carbocycles. The first-order chi connectivity index (χ1) is 12.3. The Morgan fingerprint density at radius 3 is 2.56 bits per heavy atom. The van der Waals surface area contributed by atoms with Crippen LogP contribution in [0.5, 0.6) is 0 Å². The maximum Gasteiger partial charge on any atom is 0.144 e. The van der Waals surface area contributed by atoms with Gasteiger partial charge in [-0.05, 0) is 23.8 Å². The summed E-state index contributed by atoms with van der Waals surface area (Å²) in [4.78, 5) is 10.9. The summed E-state index contributed by atoms with van der Waals surface area (Å²) in [6.07, 6.45) is 3.47. The van der Waals surface area contributed by atoms with Crippen LogP contribution >= 0.6 is 0 Å². The number of nitrogens with one attached hydrogen (secondary N) is 1. The zero-order valence-corrected chi connectivity index (χ0v) is 14.1. The molecule has 124 valence electrons. The lowest BCUT2D eigenvalue weighted by Gasteiger charge is -2.21. The molecule has 1 aromatic carbocycles. The summed E-state index contributed by atoms with van der Waals surface area (Å²) in [5.74, 6) is 1.50. The van der Waals surface area contributed by atoms with Gasteiger partial charge in [-0.2, -0.15) is 5.26 Å². The molecule has 5 heteroatoms. The van der Waals surface area contributed by atoms with Crippen molar-refractivity contribution < 1.29 is 0 Å². The van der Waals surface area contributed by atoms with Crippen LogP contribution in [0.1, 0.15) is 16.7 Å². The molecular formula is C20H19N5. The predicted octanol–water partition coefficient (Wildman–Crippen LogP) is 3.60. The molecule has 5 nitrogen and oxygen atoms in total. The van der Waals surface area contributed by atoms with Gasteiger partial charge < -0.3 is 10.2 Å². The van der Waals surface area contributed by atoms with Crippen LogP contribution in [0.25, 0.3) is 0 Å². The summed E-state index contributed by atoms with van der Waals surface area (Å²) in [5, 5.41) is 12.4. The third-order valence-corrected chi connectivity index (χ3v) is 3.87. The van der Waals surface area contributed by atoms with Gasteiger partial charge in [0.1, 0.15) is 17.7 Å². The maximum atomic E-state index is 9.17. The Kier molecular flexibility index (Phi) is 5.22. The molecule has 2 aromatic heterocycles. The molecule has 0 saturated carbocycles. The third-order valence-electron chi connectivity index (χ3n) is 3.87. The molecule has 0 unspecified atom stereocenters. The molecule has 0 saturated heterocycles. The molecular weight excluding hydrogens is 310 g/mol. The average molecular weight is 329 g/mol. The smallest absolute Gasteiger partial charge is 0.144 e. The largest absolute Gasteiger partial charge is 0.365 e. The first kappa shape index (κ1) is 16.5. The second-order valence-corrected chi connectivity index (χ2v) is 5.69. The third kappa shape index (κ3) is 4.12. The van der Waals surface area contributed by atoms with Crippen molar-refractivity contribution in [3.63, 3.8) is 0 Å². The van der Waals surface area contributed by atoms with Crippen LogP contribution in [0, 0.1) is 11.3 Å². The summed E-state index contributed by atoms with van der Waals surface area (Å²) < 4.78 is 0. The minimum absolute atomic E-state index is 0.533. The monoisotopic (exact) mass is 329 g/mol. The van der Waals surface area contributed by atoms with Crippen LogP contribution in [0.3, 0.4) is 0 Å². The summed E-state index contributed by atoms with van der Waals surface area (Å²) in [5.41, 5.74) is 2.81. The Balaban J connectivity index is 1.76. The molecule has 3 aromatic rings. The summed E-state index contributed by atoms with van der Waals surface area (Å²) >= 11 is 0. The van der Waals surface area contributed by atoms with Gasteiger partial charge >= 0.3 is 0 Å². The van der Waals surface area contributed by atoms with Crippen molar-refractivity contribution in [3.8, 4) is 6.07 Å². The molecule has 3 rings (SSSR count). The lowest BCUT2D eigenvalue weighted by Crippen LogP contribution is -2.20. The first-order valence-corrected chi connectivity index (χ1v) is 8.06. The highest BCUT2D eigenvalue weighted by Gasteiger charge is 2.10. The van der Waals surface area contributed by atoms with E-state index in [9.17, 15) is 5.26 Å². The molecule has 0 fully saturated rings. The SMILES string of the molecule is CN(Cc1ccccc1)c1ncccc1CNc1ncccc1C#N. The molecule has 0 aliphatic heterocycles. The van der Waals surface area contributed by atoms with E-state index in [0.29, 0.717) is 17.9 Å². The van der Waals surface area contributed by atoms with E-state index in [2.05, 4.69) is 38.4 Å². The topological polar surface area (TPSA) is 64.8 Å². The summed E-state index contributed by atoms with van der Waals surface area (Å²) in [6, 6.07) is 19.9. The molecule has 1 N–H and O–H groups in total. The lowest BCUT2D eigenvalue weighted by molar-refractivity contribution is 0.881. The molecule has 0 bridgehead atoms. The van der Waals surface area contributed by atoms with Crippen molar-refractivity contribution >= 4 is 11.6 Å². The Morgan fingerprint density at radius 2 is 1.76 bits per heavy atom. The van der Waals surface area contributed by atoms with Gasteiger partial charge in [0, 0.05) is 38.1 Å². The van der Waals surface area contributed by atoms with Gasteiger partial charge in [0.05, 0.1) is 5.56 Å². The number of nitrogens with zero attached hydrogens (tertiary/aromatic N) is 4. The van der Waals surface area contributed by atoms with E-state index < -0.39 is 0 Å². The fourth-order valence-electron chi connectivity index (χ4n) is 2.66. The number of anilines is 2. The fraction of sp³-hybridized carbons (Fsp3) is 0.150. The normalized spacial score (nSPS) is 10.1. The summed E-state index contributed by atoms with van der Waals surface area (Å²) in [7, 11) is 2.03. The maximum absolute atomic E-state index is 9.17. The summed E-state index contributed by atoms with van der Waals surface area (Å²) in [6.45, 7) is 1.33. The number of rotatable bonds is 6. The van der Waals surface area contributed by atoms with Gasteiger partial charge in [-0.15, -0.1) is 0 Å². The number of hydrogen-bond donors (Lipinski definition) is 1. The zero-order chi connectivity index (χ0) is 17.5. The zero-order valence-electron chi connectivity index (χ0n) is 14.1. The molecule has 2 heterocycles. The van der Waals surface area contributed by atoms with Crippen molar-refractivity contribution in [2.45, 2.75) is 13.1 Å². The van der Waals surface area contributed by atoms with Crippen LogP contribution in [-0.4, -0.2) is 17.0 Å². The van der Waals surface area contributed by atoms with Crippen LogP contribution in [0.2, 0.25) is 0 Å². The van der Waals surface area contributed by atoms with Gasteiger partial charge in [-0.3, -0.25) is 0 Å².